The fourth-order valence-corrected chi connectivity index (χ4v) is 6.62. The van der Waals surface area contributed by atoms with Gasteiger partial charge in [-0.1, -0.05) is 32.0 Å². The summed E-state index contributed by atoms with van der Waals surface area (Å²) < 4.78 is 2.10. The lowest BCUT2D eigenvalue weighted by molar-refractivity contribution is -0.123. The number of imidazole rings is 1. The quantitative estimate of drug-likeness (QED) is 0.223. The third kappa shape index (κ3) is 5.03. The highest BCUT2D eigenvalue weighted by Gasteiger charge is 2.49. The lowest BCUT2D eigenvalue weighted by atomic mass is 9.84. The van der Waals surface area contributed by atoms with Crippen LogP contribution in [0.4, 0.5) is 17.2 Å². The van der Waals surface area contributed by atoms with Crippen molar-refractivity contribution in [1.29, 1.82) is 0 Å². The van der Waals surface area contributed by atoms with E-state index in [1.54, 1.807) is 7.05 Å². The Morgan fingerprint density at radius 1 is 1.05 bits per heavy atom. The van der Waals surface area contributed by atoms with E-state index in [2.05, 4.69) is 66.4 Å². The first-order valence-electron chi connectivity index (χ1n) is 15.6. The van der Waals surface area contributed by atoms with Gasteiger partial charge >= 0.3 is 0 Å². The predicted octanol–water partition coefficient (Wildman–Crippen LogP) is 6.24. The van der Waals surface area contributed by atoms with Crippen LogP contribution in [0.25, 0.3) is 22.3 Å². The van der Waals surface area contributed by atoms with Gasteiger partial charge in [0.2, 0.25) is 5.91 Å². The summed E-state index contributed by atoms with van der Waals surface area (Å²) in [5.41, 5.74) is 7.11. The summed E-state index contributed by atoms with van der Waals surface area (Å²) in [6.07, 6.45) is 3.74. The predicted molar refractivity (Wildman–Crippen MR) is 177 cm³/mol. The van der Waals surface area contributed by atoms with Crippen LogP contribution in [0.5, 0.6) is 0 Å². The second-order valence-corrected chi connectivity index (χ2v) is 13.4. The van der Waals surface area contributed by atoms with Gasteiger partial charge in [-0.05, 0) is 82.9 Å². The molecule has 230 valence electrons. The van der Waals surface area contributed by atoms with Gasteiger partial charge in [-0.15, -0.1) is 0 Å². The largest absolute Gasteiger partial charge is 0.355 e. The first-order chi connectivity index (χ1) is 20.9. The maximum absolute atomic E-state index is 13.8. The molecule has 3 N–H and O–H groups in total. The number of carbonyl (C=O) groups is 2. The maximum atomic E-state index is 13.8. The number of anilines is 3. The Morgan fingerprint density at radius 2 is 1.80 bits per heavy atom. The van der Waals surface area contributed by atoms with Crippen molar-refractivity contribution in [2.45, 2.75) is 90.9 Å². The summed E-state index contributed by atoms with van der Waals surface area (Å²) >= 11 is 0. The molecular formula is C35H43N7O2. The summed E-state index contributed by atoms with van der Waals surface area (Å²) in [4.78, 5) is 38.2. The molecule has 2 amide bonds. The van der Waals surface area contributed by atoms with E-state index in [9.17, 15) is 9.59 Å². The normalized spacial score (nSPS) is 19.0. The standard InChI is InChI=1S/C35H43N7O2/c1-19(2)38-24-14-25(15-24)42-30-13-22(10-12-27(30)35(6,7)34(42)44)28-17-29-31(41(18-37-29)20(3)4)32(40-28)39-23-11-9-21(5)26(16-23)33(43)36-8/h9-13,16-20,24-25,38H,14-15H2,1-8H3,(H,36,43)(H,39,40)/t24-,25+. The topological polar surface area (TPSA) is 104 Å². The van der Waals surface area contributed by atoms with E-state index in [4.69, 9.17) is 9.97 Å². The Morgan fingerprint density at radius 3 is 2.48 bits per heavy atom. The number of nitrogens with one attached hydrogen (secondary N) is 3. The number of pyridine rings is 1. The highest BCUT2D eigenvalue weighted by Crippen LogP contribution is 2.47. The number of nitrogens with zero attached hydrogens (tertiary/aromatic N) is 4. The van der Waals surface area contributed by atoms with E-state index in [-0.39, 0.29) is 23.9 Å². The number of hydrogen-bond acceptors (Lipinski definition) is 6. The monoisotopic (exact) mass is 593 g/mol. The van der Waals surface area contributed by atoms with Gasteiger partial charge in [0.25, 0.3) is 5.91 Å². The van der Waals surface area contributed by atoms with Gasteiger partial charge in [-0.2, -0.15) is 0 Å². The molecule has 1 aliphatic carbocycles. The zero-order valence-electron chi connectivity index (χ0n) is 26.9. The van der Waals surface area contributed by atoms with Gasteiger partial charge in [0.15, 0.2) is 5.82 Å². The summed E-state index contributed by atoms with van der Waals surface area (Å²) in [5.74, 6) is 0.680. The van der Waals surface area contributed by atoms with E-state index in [1.165, 1.54) is 0 Å². The molecule has 1 fully saturated rings. The molecule has 6 rings (SSSR count). The van der Waals surface area contributed by atoms with Crippen molar-refractivity contribution in [3.8, 4) is 11.3 Å². The lowest BCUT2D eigenvalue weighted by Crippen LogP contribution is -2.56. The first-order valence-corrected chi connectivity index (χ1v) is 15.6. The number of aromatic nitrogens is 3. The van der Waals surface area contributed by atoms with Gasteiger partial charge in [0, 0.05) is 53.7 Å². The van der Waals surface area contributed by atoms with Crippen LogP contribution in [0.1, 0.15) is 81.9 Å². The molecule has 1 saturated carbocycles. The minimum Gasteiger partial charge on any atom is -0.355 e. The number of benzene rings is 2. The fourth-order valence-electron chi connectivity index (χ4n) is 6.62. The molecule has 44 heavy (non-hydrogen) atoms. The second kappa shape index (κ2) is 11.0. The van der Waals surface area contributed by atoms with Crippen molar-refractivity contribution in [3.05, 3.63) is 65.5 Å². The van der Waals surface area contributed by atoms with E-state index >= 15 is 0 Å². The Hall–Kier alpha value is -4.24. The van der Waals surface area contributed by atoms with Crippen molar-refractivity contribution < 1.29 is 9.59 Å². The molecule has 1 aliphatic heterocycles. The molecule has 2 aliphatic rings. The van der Waals surface area contributed by atoms with Gasteiger partial charge in [-0.3, -0.25) is 9.59 Å². The Balaban J connectivity index is 1.42. The van der Waals surface area contributed by atoms with Gasteiger partial charge in [0.1, 0.15) is 5.52 Å². The van der Waals surface area contributed by atoms with Gasteiger partial charge in [-0.25, -0.2) is 9.97 Å². The zero-order chi connectivity index (χ0) is 31.5. The van der Waals surface area contributed by atoms with Crippen LogP contribution >= 0.6 is 0 Å². The van der Waals surface area contributed by atoms with Crippen LogP contribution in [0.15, 0.2) is 48.8 Å². The number of rotatable bonds is 8. The van der Waals surface area contributed by atoms with Crippen molar-refractivity contribution in [2.24, 2.45) is 0 Å². The second-order valence-electron chi connectivity index (χ2n) is 13.4. The third-order valence-corrected chi connectivity index (χ3v) is 9.11. The first kappa shape index (κ1) is 29.8. The fraction of sp³-hybridized carbons (Fsp3) is 0.429. The number of carbonyl (C=O) groups excluding carboxylic acids is 2. The number of aryl methyl sites for hydroxylation is 1. The molecule has 2 aromatic heterocycles. The van der Waals surface area contributed by atoms with Crippen molar-refractivity contribution in [1.82, 2.24) is 25.2 Å². The molecule has 4 aromatic rings. The Labute approximate surface area is 259 Å². The van der Waals surface area contributed by atoms with Crippen LogP contribution in [0.2, 0.25) is 0 Å². The molecule has 9 heteroatoms. The summed E-state index contributed by atoms with van der Waals surface area (Å²) in [6, 6.07) is 15.2. The van der Waals surface area contributed by atoms with Crippen LogP contribution in [-0.2, 0) is 10.2 Å². The average Bonchev–Trinajstić information content (AvgIpc) is 3.48. The van der Waals surface area contributed by atoms with E-state index in [1.807, 2.05) is 56.3 Å². The van der Waals surface area contributed by atoms with Crippen LogP contribution in [0, 0.1) is 6.92 Å². The van der Waals surface area contributed by atoms with Crippen molar-refractivity contribution in [2.75, 3.05) is 17.3 Å². The minimum absolute atomic E-state index is 0.136. The lowest BCUT2D eigenvalue weighted by Gasteiger charge is -2.43. The van der Waals surface area contributed by atoms with Crippen LogP contribution in [0.3, 0.4) is 0 Å². The SMILES string of the molecule is CNC(=O)c1cc(Nc2nc(-c3ccc4c(c3)N([C@H]3C[C@@H](NC(C)C)C3)C(=O)C4(C)C)cc3ncn(C(C)C)c23)ccc1C. The molecule has 0 unspecified atom stereocenters. The van der Waals surface area contributed by atoms with E-state index in [0.717, 1.165) is 57.6 Å². The Kier molecular flexibility index (Phi) is 7.48. The Bertz CT molecular complexity index is 1760. The van der Waals surface area contributed by atoms with E-state index in [0.29, 0.717) is 23.5 Å². The molecule has 9 nitrogen and oxygen atoms in total. The van der Waals surface area contributed by atoms with Crippen LogP contribution in [-0.4, -0.2) is 51.5 Å². The van der Waals surface area contributed by atoms with E-state index < -0.39 is 5.41 Å². The third-order valence-electron chi connectivity index (χ3n) is 9.11. The highest BCUT2D eigenvalue weighted by atomic mass is 16.2. The summed E-state index contributed by atoms with van der Waals surface area (Å²) in [6.45, 7) is 14.5. The summed E-state index contributed by atoms with van der Waals surface area (Å²) in [5, 5.41) is 9.84. The average molecular weight is 594 g/mol. The van der Waals surface area contributed by atoms with Gasteiger partial charge in [0.05, 0.1) is 23.0 Å². The molecule has 0 radical (unpaired) electrons. The number of hydrogen-bond donors (Lipinski definition) is 3. The van der Waals surface area contributed by atoms with Crippen molar-refractivity contribution >= 4 is 40.0 Å². The molecule has 0 atom stereocenters. The van der Waals surface area contributed by atoms with Gasteiger partial charge < -0.3 is 25.4 Å². The number of fused-ring (bicyclic) bond motifs is 2. The highest BCUT2D eigenvalue weighted by molar-refractivity contribution is 6.09. The molecule has 0 bridgehead atoms. The minimum atomic E-state index is -0.585. The van der Waals surface area contributed by atoms with Crippen LogP contribution < -0.4 is 20.9 Å². The maximum Gasteiger partial charge on any atom is 0.251 e. The molecule has 3 heterocycles. The smallest absolute Gasteiger partial charge is 0.251 e. The molecule has 0 saturated heterocycles. The zero-order valence-corrected chi connectivity index (χ0v) is 26.9. The summed E-state index contributed by atoms with van der Waals surface area (Å²) in [7, 11) is 1.63. The molecule has 0 spiro atoms. The van der Waals surface area contributed by atoms with Crippen molar-refractivity contribution in [3.63, 3.8) is 0 Å². The molecule has 2 aromatic carbocycles. The molecular weight excluding hydrogens is 550 g/mol. The number of amides is 2.